The van der Waals surface area contributed by atoms with Gasteiger partial charge in [-0.05, 0) is 71.5 Å². The maximum Gasteiger partial charge on any atom is 0.230 e. The number of rotatable bonds is 10. The van der Waals surface area contributed by atoms with E-state index in [1.165, 1.54) is 34.2 Å². The molecule has 0 heterocycles. The summed E-state index contributed by atoms with van der Waals surface area (Å²) in [5, 5.41) is 0. The molecule has 0 unspecified atom stereocenters. The van der Waals surface area contributed by atoms with Crippen molar-refractivity contribution >= 4 is 17.9 Å². The van der Waals surface area contributed by atoms with Crippen LogP contribution < -0.4 is 4.72 Å². The number of unbranched alkanes of at least 4 members (excludes halogenated alkanes) is 2. The monoisotopic (exact) mass is 383 g/mol. The first kappa shape index (κ1) is 21.6. The zero-order valence-corrected chi connectivity index (χ0v) is 18.0. The molecule has 2 nitrogen and oxygen atoms in total. The first-order chi connectivity index (χ1) is 13.0. The van der Waals surface area contributed by atoms with Crippen molar-refractivity contribution < 1.29 is 4.79 Å². The van der Waals surface area contributed by atoms with Crippen LogP contribution in [0.3, 0.4) is 0 Å². The number of nitrogens with one attached hydrogen (secondary N) is 1. The van der Waals surface area contributed by atoms with E-state index in [2.05, 4.69) is 74.9 Å². The van der Waals surface area contributed by atoms with Crippen LogP contribution in [0.5, 0.6) is 0 Å². The number of carbonyl (C=O) groups is 1. The summed E-state index contributed by atoms with van der Waals surface area (Å²) in [7, 11) is 0. The van der Waals surface area contributed by atoms with E-state index in [0.717, 1.165) is 37.0 Å². The molecule has 3 heteroatoms. The van der Waals surface area contributed by atoms with Crippen molar-refractivity contribution in [1.29, 1.82) is 0 Å². The Morgan fingerprint density at radius 2 is 1.70 bits per heavy atom. The fraction of sp³-hybridized carbons (Fsp3) is 0.458. The molecule has 0 aliphatic heterocycles. The Morgan fingerprint density at radius 3 is 2.33 bits per heavy atom. The maximum absolute atomic E-state index is 12.1. The second kappa shape index (κ2) is 11.2. The van der Waals surface area contributed by atoms with Crippen molar-refractivity contribution in [2.45, 2.75) is 71.1 Å². The standard InChI is InChI=1S/C24H33NOS/c1-5-7-8-9-24(26)25-27-23-15-12-20(16-18(3)4)17-22(23)21-13-10-19(6-2)11-14-21/h10-15,17-18H,5-9,16H2,1-4H3,(H,25,26). The van der Waals surface area contributed by atoms with Crippen molar-refractivity contribution in [3.8, 4) is 11.1 Å². The minimum absolute atomic E-state index is 0.118. The number of aryl methyl sites for hydroxylation is 1. The fourth-order valence-electron chi connectivity index (χ4n) is 3.11. The molecular weight excluding hydrogens is 350 g/mol. The predicted octanol–water partition coefficient (Wildman–Crippen LogP) is 6.82. The van der Waals surface area contributed by atoms with E-state index < -0.39 is 0 Å². The minimum Gasteiger partial charge on any atom is -0.296 e. The highest BCUT2D eigenvalue weighted by Gasteiger charge is 2.10. The number of benzene rings is 2. The largest absolute Gasteiger partial charge is 0.296 e. The number of carbonyl (C=O) groups excluding carboxylic acids is 1. The molecule has 0 radical (unpaired) electrons. The quantitative estimate of drug-likeness (QED) is 0.360. The van der Waals surface area contributed by atoms with Crippen LogP contribution >= 0.6 is 11.9 Å². The van der Waals surface area contributed by atoms with Gasteiger partial charge in [0.25, 0.3) is 0 Å². The Hall–Kier alpha value is -1.74. The Kier molecular flexibility index (Phi) is 8.93. The Labute approximate surface area is 169 Å². The minimum atomic E-state index is 0.118. The maximum atomic E-state index is 12.1. The Morgan fingerprint density at radius 1 is 1.00 bits per heavy atom. The summed E-state index contributed by atoms with van der Waals surface area (Å²) in [6.45, 7) is 8.82. The summed E-state index contributed by atoms with van der Waals surface area (Å²) in [6, 6.07) is 15.4. The molecule has 0 saturated carbocycles. The van der Waals surface area contributed by atoms with Gasteiger partial charge in [0, 0.05) is 11.3 Å². The third kappa shape index (κ3) is 7.06. The normalized spacial score (nSPS) is 11.0. The molecule has 0 aliphatic rings. The third-order valence-electron chi connectivity index (χ3n) is 4.64. The van der Waals surface area contributed by atoms with Crippen LogP contribution in [0.15, 0.2) is 47.4 Å². The van der Waals surface area contributed by atoms with Crippen molar-refractivity contribution in [3.63, 3.8) is 0 Å². The second-order valence-electron chi connectivity index (χ2n) is 7.56. The molecule has 1 amide bonds. The molecule has 0 bridgehead atoms. The molecule has 27 heavy (non-hydrogen) atoms. The second-order valence-corrected chi connectivity index (χ2v) is 8.41. The molecule has 0 aromatic heterocycles. The van der Waals surface area contributed by atoms with Crippen LogP contribution in [0, 0.1) is 5.92 Å². The van der Waals surface area contributed by atoms with Gasteiger partial charge in [0.2, 0.25) is 5.91 Å². The molecule has 2 aromatic rings. The molecule has 0 saturated heterocycles. The van der Waals surface area contributed by atoms with Gasteiger partial charge in [-0.15, -0.1) is 0 Å². The molecule has 0 spiro atoms. The van der Waals surface area contributed by atoms with Crippen LogP contribution in [0.4, 0.5) is 0 Å². The van der Waals surface area contributed by atoms with Gasteiger partial charge in [0.05, 0.1) is 0 Å². The van der Waals surface area contributed by atoms with E-state index in [1.807, 2.05) is 0 Å². The zero-order valence-electron chi connectivity index (χ0n) is 17.2. The SMILES string of the molecule is CCCCCC(=O)NSc1ccc(CC(C)C)cc1-c1ccc(CC)cc1. The van der Waals surface area contributed by atoms with E-state index in [-0.39, 0.29) is 5.91 Å². The van der Waals surface area contributed by atoms with Crippen molar-refractivity contribution in [3.05, 3.63) is 53.6 Å². The Balaban J connectivity index is 2.20. The molecule has 2 aromatic carbocycles. The summed E-state index contributed by atoms with van der Waals surface area (Å²) in [5.74, 6) is 0.740. The van der Waals surface area contributed by atoms with E-state index in [0.29, 0.717) is 12.3 Å². The average molecular weight is 384 g/mol. The topological polar surface area (TPSA) is 29.1 Å². The van der Waals surface area contributed by atoms with Gasteiger partial charge < -0.3 is 0 Å². The lowest BCUT2D eigenvalue weighted by Crippen LogP contribution is -2.15. The van der Waals surface area contributed by atoms with Crippen molar-refractivity contribution in [2.24, 2.45) is 5.92 Å². The summed E-state index contributed by atoms with van der Waals surface area (Å²) < 4.78 is 3.03. The van der Waals surface area contributed by atoms with Crippen molar-refractivity contribution in [1.82, 2.24) is 4.72 Å². The van der Waals surface area contributed by atoms with E-state index in [4.69, 9.17) is 0 Å². The van der Waals surface area contributed by atoms with Gasteiger partial charge in [0.15, 0.2) is 0 Å². The van der Waals surface area contributed by atoms with Gasteiger partial charge >= 0.3 is 0 Å². The average Bonchev–Trinajstić information content (AvgIpc) is 2.67. The summed E-state index contributed by atoms with van der Waals surface area (Å²) in [4.78, 5) is 13.2. The first-order valence-electron chi connectivity index (χ1n) is 10.2. The van der Waals surface area contributed by atoms with E-state index in [9.17, 15) is 4.79 Å². The van der Waals surface area contributed by atoms with Gasteiger partial charge in [-0.2, -0.15) is 0 Å². The highest BCUT2D eigenvalue weighted by Crippen LogP contribution is 2.32. The van der Waals surface area contributed by atoms with Crippen LogP contribution in [0.1, 0.15) is 64.5 Å². The molecule has 2 rings (SSSR count). The van der Waals surface area contributed by atoms with Crippen LogP contribution in [-0.4, -0.2) is 5.91 Å². The van der Waals surface area contributed by atoms with Gasteiger partial charge in [-0.1, -0.05) is 70.9 Å². The van der Waals surface area contributed by atoms with Crippen LogP contribution in [-0.2, 0) is 17.6 Å². The van der Waals surface area contributed by atoms with Crippen LogP contribution in [0.2, 0.25) is 0 Å². The lowest BCUT2D eigenvalue weighted by atomic mass is 9.97. The molecule has 0 aliphatic carbocycles. The molecule has 1 N–H and O–H groups in total. The Bertz CT molecular complexity index is 722. The lowest BCUT2D eigenvalue weighted by Gasteiger charge is -2.14. The third-order valence-corrected chi connectivity index (χ3v) is 5.55. The van der Waals surface area contributed by atoms with E-state index >= 15 is 0 Å². The van der Waals surface area contributed by atoms with Crippen LogP contribution in [0.25, 0.3) is 11.1 Å². The van der Waals surface area contributed by atoms with Gasteiger partial charge in [-0.3, -0.25) is 9.52 Å². The highest BCUT2D eigenvalue weighted by molar-refractivity contribution is 7.98. The molecule has 0 fully saturated rings. The zero-order chi connectivity index (χ0) is 19.6. The first-order valence-corrected chi connectivity index (χ1v) is 11.0. The predicted molar refractivity (Wildman–Crippen MR) is 118 cm³/mol. The number of amides is 1. The van der Waals surface area contributed by atoms with Crippen molar-refractivity contribution in [2.75, 3.05) is 0 Å². The fourth-order valence-corrected chi connectivity index (χ4v) is 3.86. The smallest absolute Gasteiger partial charge is 0.230 e. The highest BCUT2D eigenvalue weighted by atomic mass is 32.2. The number of hydrogen-bond donors (Lipinski definition) is 1. The van der Waals surface area contributed by atoms with Gasteiger partial charge in [-0.25, -0.2) is 0 Å². The molecular formula is C24H33NOS. The summed E-state index contributed by atoms with van der Waals surface area (Å²) >= 11 is 1.45. The lowest BCUT2D eigenvalue weighted by molar-refractivity contribution is -0.119. The van der Waals surface area contributed by atoms with E-state index in [1.54, 1.807) is 0 Å². The van der Waals surface area contributed by atoms with Gasteiger partial charge in [0.1, 0.15) is 0 Å². The summed E-state index contributed by atoms with van der Waals surface area (Å²) in [6.07, 6.45) is 5.92. The molecule has 146 valence electrons. The number of hydrogen-bond acceptors (Lipinski definition) is 2. The molecule has 0 atom stereocenters. The summed E-state index contributed by atoms with van der Waals surface area (Å²) in [5.41, 5.74) is 5.10.